The van der Waals surface area contributed by atoms with Crippen molar-refractivity contribution in [2.45, 2.75) is 31.4 Å². The molecule has 2 N–H and O–H groups in total. The smallest absolute Gasteiger partial charge is 0.329 e. The molecule has 0 aliphatic carbocycles. The number of carbonyl (C=O) groups is 1. The van der Waals surface area contributed by atoms with Crippen LogP contribution in [0, 0.1) is 0 Å². The third-order valence-corrected chi connectivity index (χ3v) is 5.22. The van der Waals surface area contributed by atoms with Gasteiger partial charge in [0.2, 0.25) is 5.91 Å². The van der Waals surface area contributed by atoms with Crippen molar-refractivity contribution in [3.05, 3.63) is 45.1 Å². The Balaban J connectivity index is 1.91. The molecule has 1 saturated heterocycles. The van der Waals surface area contributed by atoms with Gasteiger partial charge < -0.3 is 15.0 Å². The van der Waals surface area contributed by atoms with Crippen molar-refractivity contribution in [2.24, 2.45) is 0 Å². The van der Waals surface area contributed by atoms with E-state index in [0.29, 0.717) is 36.2 Å². The van der Waals surface area contributed by atoms with Crippen molar-refractivity contribution in [2.75, 3.05) is 25.2 Å². The number of aromatic amines is 1. The number of aromatic nitrogens is 2. The first kappa shape index (κ1) is 18.7. The van der Waals surface area contributed by atoms with Gasteiger partial charge in [-0.3, -0.25) is 9.59 Å². The molecule has 1 amide bonds. The molecule has 0 unspecified atom stereocenters. The molecule has 3 rings (SSSR count). The predicted molar refractivity (Wildman–Crippen MR) is 103 cm³/mol. The van der Waals surface area contributed by atoms with Gasteiger partial charge in [-0.15, -0.1) is 0 Å². The van der Waals surface area contributed by atoms with E-state index in [0.717, 1.165) is 17.4 Å². The SMILES string of the molecule is CSCC[C@@H](C(=O)NC[C@@H]1CCCO1)n1c(=O)[nH]c2ccccc2c1=O. The summed E-state index contributed by atoms with van der Waals surface area (Å²) < 4.78 is 6.56. The highest BCUT2D eigenvalue weighted by atomic mass is 32.2. The molecule has 1 aliphatic rings. The molecule has 0 bridgehead atoms. The van der Waals surface area contributed by atoms with Gasteiger partial charge in [0.1, 0.15) is 6.04 Å². The summed E-state index contributed by atoms with van der Waals surface area (Å²) in [5.74, 6) is 0.342. The molecular weight excluding hydrogens is 354 g/mol. The fourth-order valence-electron chi connectivity index (χ4n) is 3.20. The summed E-state index contributed by atoms with van der Waals surface area (Å²) in [6.45, 7) is 1.11. The zero-order valence-corrected chi connectivity index (χ0v) is 15.5. The van der Waals surface area contributed by atoms with E-state index in [4.69, 9.17) is 4.74 Å². The number of carbonyl (C=O) groups excluding carboxylic acids is 1. The highest BCUT2D eigenvalue weighted by molar-refractivity contribution is 7.98. The molecule has 1 aromatic heterocycles. The lowest BCUT2D eigenvalue weighted by Crippen LogP contribution is -2.46. The lowest BCUT2D eigenvalue weighted by molar-refractivity contribution is -0.125. The van der Waals surface area contributed by atoms with E-state index in [1.807, 2.05) is 6.26 Å². The summed E-state index contributed by atoms with van der Waals surface area (Å²) in [4.78, 5) is 40.8. The molecule has 140 valence electrons. The number of benzene rings is 1. The third-order valence-electron chi connectivity index (χ3n) is 4.57. The number of fused-ring (bicyclic) bond motifs is 1. The number of hydrogen-bond acceptors (Lipinski definition) is 5. The van der Waals surface area contributed by atoms with E-state index in [-0.39, 0.29) is 12.0 Å². The minimum atomic E-state index is -0.843. The zero-order chi connectivity index (χ0) is 18.5. The lowest BCUT2D eigenvalue weighted by atomic mass is 10.1. The van der Waals surface area contributed by atoms with Crippen LogP contribution in [0.3, 0.4) is 0 Å². The summed E-state index contributed by atoms with van der Waals surface area (Å²) >= 11 is 1.57. The Kier molecular flexibility index (Phi) is 6.16. The van der Waals surface area contributed by atoms with Gasteiger partial charge in [-0.25, -0.2) is 9.36 Å². The van der Waals surface area contributed by atoms with Gasteiger partial charge in [0.05, 0.1) is 17.0 Å². The molecule has 0 saturated carbocycles. The molecule has 7 nitrogen and oxygen atoms in total. The standard InChI is InChI=1S/C18H23N3O4S/c1-26-10-8-15(16(22)19-11-12-5-4-9-25-12)21-17(23)13-6-2-3-7-14(13)20-18(21)24/h2-3,6-7,12,15H,4-5,8-11H2,1H3,(H,19,22)(H,20,24)/t12-,15-/m0/s1. The van der Waals surface area contributed by atoms with Crippen LogP contribution < -0.4 is 16.6 Å². The summed E-state index contributed by atoms with van der Waals surface area (Å²) in [6, 6.07) is 5.98. The van der Waals surface area contributed by atoms with Crippen molar-refractivity contribution in [1.29, 1.82) is 0 Å². The van der Waals surface area contributed by atoms with Gasteiger partial charge in [0.25, 0.3) is 5.56 Å². The van der Waals surface area contributed by atoms with Crippen LogP contribution in [0.25, 0.3) is 10.9 Å². The van der Waals surface area contributed by atoms with E-state index < -0.39 is 17.3 Å². The Morgan fingerprint density at radius 1 is 1.42 bits per heavy atom. The summed E-state index contributed by atoms with van der Waals surface area (Å²) in [5, 5.41) is 3.25. The number of rotatable bonds is 7. The van der Waals surface area contributed by atoms with Gasteiger partial charge in [0, 0.05) is 13.2 Å². The Morgan fingerprint density at radius 2 is 2.23 bits per heavy atom. The maximum Gasteiger partial charge on any atom is 0.329 e. The number of para-hydroxylation sites is 1. The molecule has 1 fully saturated rings. The van der Waals surface area contributed by atoms with Crippen LogP contribution >= 0.6 is 11.8 Å². The van der Waals surface area contributed by atoms with Crippen molar-refractivity contribution in [1.82, 2.24) is 14.9 Å². The Morgan fingerprint density at radius 3 is 2.96 bits per heavy atom. The monoisotopic (exact) mass is 377 g/mol. The maximum absolute atomic E-state index is 12.9. The Labute approximate surface area is 155 Å². The highest BCUT2D eigenvalue weighted by Crippen LogP contribution is 2.15. The van der Waals surface area contributed by atoms with Gasteiger partial charge in [-0.05, 0) is 43.4 Å². The number of H-pyrrole nitrogens is 1. The molecular formula is C18H23N3O4S. The van der Waals surface area contributed by atoms with Crippen LogP contribution in [0.1, 0.15) is 25.3 Å². The first-order chi connectivity index (χ1) is 12.6. The van der Waals surface area contributed by atoms with Gasteiger partial charge in [-0.1, -0.05) is 12.1 Å². The molecule has 2 aromatic rings. The molecule has 2 atom stereocenters. The van der Waals surface area contributed by atoms with E-state index in [1.54, 1.807) is 36.0 Å². The second-order valence-electron chi connectivity index (χ2n) is 6.33. The van der Waals surface area contributed by atoms with Crippen molar-refractivity contribution >= 4 is 28.6 Å². The van der Waals surface area contributed by atoms with Gasteiger partial charge in [-0.2, -0.15) is 11.8 Å². The summed E-state index contributed by atoms with van der Waals surface area (Å²) in [5.41, 5.74) is -0.531. The van der Waals surface area contributed by atoms with Crippen LogP contribution in [0.5, 0.6) is 0 Å². The van der Waals surface area contributed by atoms with E-state index in [2.05, 4.69) is 10.3 Å². The molecule has 1 aromatic carbocycles. The Bertz CT molecular complexity index is 886. The number of ether oxygens (including phenoxy) is 1. The van der Waals surface area contributed by atoms with Crippen LogP contribution in [0.2, 0.25) is 0 Å². The van der Waals surface area contributed by atoms with Crippen LogP contribution in [0.15, 0.2) is 33.9 Å². The molecule has 0 radical (unpaired) electrons. The molecule has 2 heterocycles. The fourth-order valence-corrected chi connectivity index (χ4v) is 3.66. The second kappa shape index (κ2) is 8.55. The Hall–Kier alpha value is -2.06. The number of nitrogens with zero attached hydrogens (tertiary/aromatic N) is 1. The number of nitrogens with one attached hydrogen (secondary N) is 2. The van der Waals surface area contributed by atoms with Crippen molar-refractivity contribution in [3.63, 3.8) is 0 Å². The van der Waals surface area contributed by atoms with E-state index in [1.165, 1.54) is 0 Å². The number of thioether (sulfide) groups is 1. The number of amides is 1. The van der Waals surface area contributed by atoms with Gasteiger partial charge in [0.15, 0.2) is 0 Å². The zero-order valence-electron chi connectivity index (χ0n) is 14.7. The second-order valence-corrected chi connectivity index (χ2v) is 7.31. The average Bonchev–Trinajstić information content (AvgIpc) is 3.16. The minimum Gasteiger partial charge on any atom is -0.376 e. The molecule has 8 heteroatoms. The quantitative estimate of drug-likeness (QED) is 0.758. The highest BCUT2D eigenvalue weighted by Gasteiger charge is 2.26. The maximum atomic E-state index is 12.9. The first-order valence-electron chi connectivity index (χ1n) is 8.73. The molecule has 1 aliphatic heterocycles. The number of hydrogen-bond donors (Lipinski definition) is 2. The van der Waals surface area contributed by atoms with E-state index >= 15 is 0 Å². The minimum absolute atomic E-state index is 0.00626. The van der Waals surface area contributed by atoms with E-state index in [9.17, 15) is 14.4 Å². The normalized spacial score (nSPS) is 18.1. The van der Waals surface area contributed by atoms with Crippen molar-refractivity contribution < 1.29 is 9.53 Å². The van der Waals surface area contributed by atoms with Crippen LogP contribution in [-0.4, -0.2) is 46.7 Å². The van der Waals surface area contributed by atoms with Gasteiger partial charge >= 0.3 is 5.69 Å². The summed E-state index contributed by atoms with van der Waals surface area (Å²) in [7, 11) is 0. The third kappa shape index (κ3) is 4.02. The molecule has 0 spiro atoms. The summed E-state index contributed by atoms with van der Waals surface area (Å²) in [6.07, 6.45) is 4.23. The topological polar surface area (TPSA) is 93.2 Å². The van der Waals surface area contributed by atoms with Crippen LogP contribution in [-0.2, 0) is 9.53 Å². The lowest BCUT2D eigenvalue weighted by Gasteiger charge is -2.20. The average molecular weight is 377 g/mol. The molecule has 26 heavy (non-hydrogen) atoms. The van der Waals surface area contributed by atoms with Crippen LogP contribution in [0.4, 0.5) is 0 Å². The largest absolute Gasteiger partial charge is 0.376 e. The first-order valence-corrected chi connectivity index (χ1v) is 10.1. The fraction of sp³-hybridized carbons (Fsp3) is 0.500. The predicted octanol–water partition coefficient (Wildman–Crippen LogP) is 1.28. The van der Waals surface area contributed by atoms with Crippen molar-refractivity contribution in [3.8, 4) is 0 Å².